The second-order valence-electron chi connectivity index (χ2n) is 9.23. The van der Waals surface area contributed by atoms with Crippen LogP contribution in [-0.2, 0) is 9.47 Å². The molecular weight excluding hydrogens is 528 g/mol. The maximum atomic E-state index is 13.1. The minimum atomic E-state index is -1.84. The molecule has 1 saturated heterocycles. The Bertz CT molecular complexity index is 1610. The lowest BCUT2D eigenvalue weighted by Gasteiger charge is -2.42. The number of carbonyl (C=O) groups is 1. The monoisotopic (exact) mass is 552 g/mol. The van der Waals surface area contributed by atoms with Crippen molar-refractivity contribution in [1.82, 2.24) is 0 Å². The summed E-state index contributed by atoms with van der Waals surface area (Å²) in [7, 11) is 0. The SMILES string of the molecule is O=C(O[C@H]1[C@@H](O)[C@@H](O)[C@H](CO)O[C@@H]1c1c(O)cc(O)c2c(=O)cc(-c3ccc(O)cc3)oc12)c1ccc(O)cc1. The van der Waals surface area contributed by atoms with Crippen LogP contribution in [0.2, 0.25) is 0 Å². The van der Waals surface area contributed by atoms with E-state index in [9.17, 15) is 45.3 Å². The van der Waals surface area contributed by atoms with Gasteiger partial charge in [0.2, 0.25) is 0 Å². The van der Waals surface area contributed by atoms with Crippen LogP contribution >= 0.6 is 0 Å². The first kappa shape index (κ1) is 27.0. The van der Waals surface area contributed by atoms with Gasteiger partial charge in [0.05, 0.1) is 17.7 Å². The molecule has 12 nitrogen and oxygen atoms in total. The fourth-order valence-corrected chi connectivity index (χ4v) is 4.61. The summed E-state index contributed by atoms with van der Waals surface area (Å²) >= 11 is 0. The van der Waals surface area contributed by atoms with Gasteiger partial charge in [-0.25, -0.2) is 4.79 Å². The van der Waals surface area contributed by atoms with Crippen molar-refractivity contribution in [2.24, 2.45) is 0 Å². The first-order valence-corrected chi connectivity index (χ1v) is 12.0. The van der Waals surface area contributed by atoms with Crippen LogP contribution in [0.3, 0.4) is 0 Å². The number of aliphatic hydroxyl groups excluding tert-OH is 3. The molecule has 0 unspecified atom stereocenters. The molecule has 1 aromatic heterocycles. The molecular formula is C28H24O12. The number of phenols is 4. The number of hydrogen-bond acceptors (Lipinski definition) is 12. The molecule has 0 radical (unpaired) electrons. The number of benzene rings is 3. The van der Waals surface area contributed by atoms with Crippen molar-refractivity contribution in [3.8, 4) is 34.3 Å². The Morgan fingerprint density at radius 2 is 1.48 bits per heavy atom. The van der Waals surface area contributed by atoms with Crippen molar-refractivity contribution < 1.29 is 54.4 Å². The van der Waals surface area contributed by atoms with E-state index in [1.54, 1.807) is 0 Å². The summed E-state index contributed by atoms with van der Waals surface area (Å²) in [5.74, 6) is -2.45. The van der Waals surface area contributed by atoms with Crippen molar-refractivity contribution in [2.75, 3.05) is 6.61 Å². The highest BCUT2D eigenvalue weighted by Gasteiger charge is 2.49. The predicted molar refractivity (Wildman–Crippen MR) is 137 cm³/mol. The second kappa shape index (κ2) is 10.5. The summed E-state index contributed by atoms with van der Waals surface area (Å²) in [6.07, 6.45) is -8.28. The molecule has 40 heavy (non-hydrogen) atoms. The molecule has 12 heteroatoms. The van der Waals surface area contributed by atoms with Gasteiger partial charge in [0.25, 0.3) is 0 Å². The first-order chi connectivity index (χ1) is 19.1. The largest absolute Gasteiger partial charge is 0.508 e. The smallest absolute Gasteiger partial charge is 0.338 e. The molecule has 1 aliphatic rings. The zero-order valence-corrected chi connectivity index (χ0v) is 20.5. The Labute approximate surface area is 225 Å². The fourth-order valence-electron chi connectivity index (χ4n) is 4.61. The number of hydrogen-bond donors (Lipinski definition) is 7. The number of phenolic OH excluding ortho intramolecular Hbond substituents is 4. The predicted octanol–water partition coefficient (Wildman–Crippen LogP) is 1.66. The van der Waals surface area contributed by atoms with Crippen molar-refractivity contribution in [3.05, 3.63) is 82.0 Å². The van der Waals surface area contributed by atoms with Crippen LogP contribution in [0.5, 0.6) is 23.0 Å². The molecule has 208 valence electrons. The minimum absolute atomic E-state index is 0.0171. The van der Waals surface area contributed by atoms with Gasteiger partial charge in [0, 0.05) is 17.7 Å². The van der Waals surface area contributed by atoms with E-state index in [4.69, 9.17) is 13.9 Å². The van der Waals surface area contributed by atoms with Crippen LogP contribution in [0.1, 0.15) is 22.0 Å². The lowest BCUT2D eigenvalue weighted by atomic mass is 9.89. The van der Waals surface area contributed by atoms with Crippen LogP contribution in [0.4, 0.5) is 0 Å². The summed E-state index contributed by atoms with van der Waals surface area (Å²) in [5.41, 5.74) is -1.06. The molecule has 1 aliphatic heterocycles. The molecule has 7 N–H and O–H groups in total. The average Bonchev–Trinajstić information content (AvgIpc) is 2.92. The number of carbonyl (C=O) groups excluding carboxylic acids is 1. The van der Waals surface area contributed by atoms with E-state index in [-0.39, 0.29) is 39.4 Å². The standard InChI is InChI=1S/C28H24O12/c29-11-20-23(35)24(36)27(40-28(37)13-3-7-15(31)8-4-13)26(39-20)22-17(33)9-16(32)21-18(34)10-19(38-25(21)22)12-1-5-14(30)6-2-12/h1-10,20,23-24,26-27,29-33,35-36H,11H2/t20-,23-,24-,26+,27-/m0/s1. The van der Waals surface area contributed by atoms with E-state index in [2.05, 4.69) is 0 Å². The number of esters is 1. The summed E-state index contributed by atoms with van der Waals surface area (Å²) in [6, 6.07) is 12.6. The fraction of sp³-hybridized carbons (Fsp3) is 0.214. The van der Waals surface area contributed by atoms with E-state index in [0.717, 1.165) is 12.1 Å². The van der Waals surface area contributed by atoms with Gasteiger partial charge < -0.3 is 49.6 Å². The normalized spacial score (nSPS) is 22.7. The van der Waals surface area contributed by atoms with Crippen LogP contribution in [-0.4, -0.2) is 72.7 Å². The third-order valence-corrected chi connectivity index (χ3v) is 6.65. The van der Waals surface area contributed by atoms with Crippen LogP contribution in [0.15, 0.2) is 69.9 Å². The topological polar surface area (TPSA) is 207 Å². The zero-order chi connectivity index (χ0) is 28.7. The van der Waals surface area contributed by atoms with Crippen molar-refractivity contribution in [2.45, 2.75) is 30.5 Å². The summed E-state index contributed by atoms with van der Waals surface area (Å²) in [5, 5.41) is 71.4. The number of aliphatic hydroxyl groups is 3. The van der Waals surface area contributed by atoms with Crippen LogP contribution in [0, 0.1) is 0 Å². The molecule has 0 spiro atoms. The molecule has 0 bridgehead atoms. The molecule has 0 aliphatic carbocycles. The third-order valence-electron chi connectivity index (χ3n) is 6.65. The average molecular weight is 552 g/mol. The second-order valence-corrected chi connectivity index (χ2v) is 9.23. The lowest BCUT2D eigenvalue weighted by molar-refractivity contribution is -0.231. The lowest BCUT2D eigenvalue weighted by Crippen LogP contribution is -2.56. The summed E-state index contributed by atoms with van der Waals surface area (Å²) in [6.45, 7) is -0.771. The van der Waals surface area contributed by atoms with E-state index < -0.39 is 60.0 Å². The highest BCUT2D eigenvalue weighted by Crippen LogP contribution is 2.44. The van der Waals surface area contributed by atoms with Gasteiger partial charge in [-0.1, -0.05) is 0 Å². The van der Waals surface area contributed by atoms with Crippen molar-refractivity contribution in [3.63, 3.8) is 0 Å². The number of fused-ring (bicyclic) bond motifs is 1. The minimum Gasteiger partial charge on any atom is -0.508 e. The molecule has 1 fully saturated rings. The molecule has 5 rings (SSSR count). The molecule has 0 saturated carbocycles. The molecule has 0 amide bonds. The highest BCUT2D eigenvalue weighted by atomic mass is 16.6. The van der Waals surface area contributed by atoms with Gasteiger partial charge >= 0.3 is 5.97 Å². The first-order valence-electron chi connectivity index (χ1n) is 12.0. The van der Waals surface area contributed by atoms with Gasteiger partial charge in [-0.05, 0) is 48.5 Å². The van der Waals surface area contributed by atoms with E-state index in [0.29, 0.717) is 5.56 Å². The van der Waals surface area contributed by atoms with Crippen LogP contribution in [0.25, 0.3) is 22.3 Å². The maximum Gasteiger partial charge on any atom is 0.338 e. The zero-order valence-electron chi connectivity index (χ0n) is 20.5. The number of rotatable bonds is 5. The Morgan fingerprint density at radius 1 is 0.850 bits per heavy atom. The summed E-state index contributed by atoms with van der Waals surface area (Å²) in [4.78, 5) is 26.0. The van der Waals surface area contributed by atoms with Gasteiger partial charge in [-0.15, -0.1) is 0 Å². The van der Waals surface area contributed by atoms with E-state index in [1.807, 2.05) is 0 Å². The summed E-state index contributed by atoms with van der Waals surface area (Å²) < 4.78 is 17.2. The Balaban J connectivity index is 1.68. The Morgan fingerprint density at radius 3 is 2.10 bits per heavy atom. The van der Waals surface area contributed by atoms with Crippen molar-refractivity contribution >= 4 is 16.9 Å². The highest BCUT2D eigenvalue weighted by molar-refractivity contribution is 5.91. The van der Waals surface area contributed by atoms with Crippen LogP contribution < -0.4 is 5.43 Å². The third kappa shape index (κ3) is 4.80. The van der Waals surface area contributed by atoms with Crippen molar-refractivity contribution in [1.29, 1.82) is 0 Å². The number of ether oxygens (including phenoxy) is 2. The van der Waals surface area contributed by atoms with E-state index >= 15 is 0 Å². The number of aromatic hydroxyl groups is 4. The molecule has 2 heterocycles. The molecule has 4 aromatic rings. The quantitative estimate of drug-likeness (QED) is 0.176. The van der Waals surface area contributed by atoms with Gasteiger partial charge in [-0.2, -0.15) is 0 Å². The van der Waals surface area contributed by atoms with Gasteiger partial charge in [-0.3, -0.25) is 4.79 Å². The molecule has 5 atom stereocenters. The Hall–Kier alpha value is -4.62. The maximum absolute atomic E-state index is 13.1. The molecule has 3 aromatic carbocycles. The van der Waals surface area contributed by atoms with E-state index in [1.165, 1.54) is 48.5 Å². The van der Waals surface area contributed by atoms with Gasteiger partial charge in [0.15, 0.2) is 17.1 Å². The van der Waals surface area contributed by atoms with Gasteiger partial charge in [0.1, 0.15) is 58.6 Å². The Kier molecular flexibility index (Phi) is 7.08.